The van der Waals surface area contributed by atoms with Gasteiger partial charge in [-0.05, 0) is 46.1 Å². The van der Waals surface area contributed by atoms with E-state index in [9.17, 15) is 4.79 Å². The van der Waals surface area contributed by atoms with Crippen molar-refractivity contribution in [2.24, 2.45) is 7.05 Å². The molecule has 1 fully saturated rings. The molecule has 0 aliphatic carbocycles. The Morgan fingerprint density at radius 1 is 1.20 bits per heavy atom. The molecule has 1 aliphatic rings. The van der Waals surface area contributed by atoms with Crippen molar-refractivity contribution in [3.63, 3.8) is 0 Å². The highest BCUT2D eigenvalue weighted by Crippen LogP contribution is 2.31. The summed E-state index contributed by atoms with van der Waals surface area (Å²) >= 11 is 0. The quantitative estimate of drug-likeness (QED) is 0.658. The van der Waals surface area contributed by atoms with Crippen LogP contribution in [0, 0.1) is 13.8 Å². The lowest BCUT2D eigenvalue weighted by molar-refractivity contribution is -0.0684. The fourth-order valence-electron chi connectivity index (χ4n) is 3.99. The number of rotatable bonds is 4. The minimum atomic E-state index is -0.205. The highest BCUT2D eigenvalue weighted by Gasteiger charge is 2.37. The molecule has 0 saturated carbocycles. The number of likely N-dealkylation sites (N-methyl/N-ethyl adjacent to an activating group) is 1. The molecule has 4 rings (SSSR count). The second-order valence-electron chi connectivity index (χ2n) is 8.16. The van der Waals surface area contributed by atoms with Crippen LogP contribution >= 0.6 is 0 Å². The monoisotopic (exact) mass is 408 g/mol. The standard InChI is InChI=1S/C22H28N6O2/c1-14-15(2)25-19-10-16(6-7-18(19)24-14)22(29)28-8-9-30-20(13-26(3)4)21(28)17-11-23-27(5)12-17/h6-7,10-12,20-21H,8-9,13H2,1-5H3/t20-,21-/m0/s1. The van der Waals surface area contributed by atoms with E-state index >= 15 is 0 Å². The zero-order valence-corrected chi connectivity index (χ0v) is 18.2. The molecule has 2 aromatic heterocycles. The first-order valence-corrected chi connectivity index (χ1v) is 10.1. The fraction of sp³-hybridized carbons (Fsp3) is 0.455. The van der Waals surface area contributed by atoms with Crippen molar-refractivity contribution in [1.82, 2.24) is 29.5 Å². The normalized spacial score (nSPS) is 19.6. The second-order valence-corrected chi connectivity index (χ2v) is 8.16. The van der Waals surface area contributed by atoms with Gasteiger partial charge in [0.1, 0.15) is 0 Å². The van der Waals surface area contributed by atoms with Gasteiger partial charge < -0.3 is 14.5 Å². The van der Waals surface area contributed by atoms with Gasteiger partial charge in [-0.2, -0.15) is 5.10 Å². The average molecular weight is 409 g/mol. The number of aromatic nitrogens is 4. The van der Waals surface area contributed by atoms with Crippen molar-refractivity contribution >= 4 is 16.9 Å². The Morgan fingerprint density at radius 3 is 2.60 bits per heavy atom. The Bertz CT molecular complexity index is 1080. The van der Waals surface area contributed by atoms with Crippen LogP contribution in [0.3, 0.4) is 0 Å². The van der Waals surface area contributed by atoms with E-state index in [1.165, 1.54) is 0 Å². The molecule has 1 amide bonds. The van der Waals surface area contributed by atoms with Gasteiger partial charge in [0.2, 0.25) is 0 Å². The Kier molecular flexibility index (Phi) is 5.53. The Morgan fingerprint density at radius 2 is 1.93 bits per heavy atom. The summed E-state index contributed by atoms with van der Waals surface area (Å²) in [6.07, 6.45) is 3.65. The topological polar surface area (TPSA) is 76.4 Å². The van der Waals surface area contributed by atoms with Crippen LogP contribution in [0.15, 0.2) is 30.6 Å². The lowest BCUT2D eigenvalue weighted by Gasteiger charge is -2.41. The molecule has 0 spiro atoms. The maximum Gasteiger partial charge on any atom is 0.254 e. The van der Waals surface area contributed by atoms with Gasteiger partial charge in [0.05, 0.1) is 47.4 Å². The molecule has 3 heterocycles. The van der Waals surface area contributed by atoms with E-state index in [0.717, 1.165) is 28.0 Å². The maximum atomic E-state index is 13.6. The van der Waals surface area contributed by atoms with Gasteiger partial charge in [-0.25, -0.2) is 9.97 Å². The first kappa shape index (κ1) is 20.4. The highest BCUT2D eigenvalue weighted by atomic mass is 16.5. The van der Waals surface area contributed by atoms with Gasteiger partial charge in [0, 0.05) is 37.5 Å². The minimum absolute atomic E-state index is 0.0298. The summed E-state index contributed by atoms with van der Waals surface area (Å²) in [6, 6.07) is 5.35. The van der Waals surface area contributed by atoms with Crippen molar-refractivity contribution < 1.29 is 9.53 Å². The molecule has 0 bridgehead atoms. The van der Waals surface area contributed by atoms with Crippen LogP contribution < -0.4 is 0 Å². The van der Waals surface area contributed by atoms with E-state index in [0.29, 0.717) is 25.3 Å². The van der Waals surface area contributed by atoms with E-state index < -0.39 is 0 Å². The molecule has 0 N–H and O–H groups in total. The van der Waals surface area contributed by atoms with Crippen LogP contribution in [0.1, 0.15) is 33.4 Å². The summed E-state index contributed by atoms with van der Waals surface area (Å²) in [4.78, 5) is 26.8. The van der Waals surface area contributed by atoms with Crippen molar-refractivity contribution in [1.29, 1.82) is 0 Å². The van der Waals surface area contributed by atoms with Crippen LogP contribution in [0.2, 0.25) is 0 Å². The minimum Gasteiger partial charge on any atom is -0.373 e. The molecular weight excluding hydrogens is 380 g/mol. The number of fused-ring (bicyclic) bond motifs is 1. The molecule has 8 heteroatoms. The molecule has 158 valence electrons. The zero-order chi connectivity index (χ0) is 21.4. The van der Waals surface area contributed by atoms with E-state index in [1.807, 2.05) is 70.5 Å². The van der Waals surface area contributed by atoms with Crippen LogP contribution in [0.4, 0.5) is 0 Å². The maximum absolute atomic E-state index is 13.6. The smallest absolute Gasteiger partial charge is 0.254 e. The molecule has 0 unspecified atom stereocenters. The summed E-state index contributed by atoms with van der Waals surface area (Å²) < 4.78 is 7.85. The van der Waals surface area contributed by atoms with E-state index in [-0.39, 0.29) is 18.1 Å². The Labute approximate surface area is 176 Å². The lowest BCUT2D eigenvalue weighted by atomic mass is 9.99. The largest absolute Gasteiger partial charge is 0.373 e. The number of amides is 1. The first-order chi connectivity index (χ1) is 14.3. The predicted octanol–water partition coefficient (Wildman–Crippen LogP) is 2.12. The Balaban J connectivity index is 1.71. The molecule has 0 radical (unpaired) electrons. The summed E-state index contributed by atoms with van der Waals surface area (Å²) in [6.45, 7) is 5.62. The zero-order valence-electron chi connectivity index (χ0n) is 18.2. The van der Waals surface area contributed by atoms with Crippen molar-refractivity contribution in [3.8, 4) is 0 Å². The van der Waals surface area contributed by atoms with E-state index in [4.69, 9.17) is 4.74 Å². The summed E-state index contributed by atoms with van der Waals surface area (Å²) in [5.74, 6) is -0.0298. The van der Waals surface area contributed by atoms with Crippen molar-refractivity contribution in [3.05, 3.63) is 53.1 Å². The fourth-order valence-corrected chi connectivity index (χ4v) is 3.99. The lowest BCUT2D eigenvalue weighted by Crippen LogP contribution is -2.51. The van der Waals surface area contributed by atoms with Gasteiger partial charge in [0.15, 0.2) is 0 Å². The average Bonchev–Trinajstić information content (AvgIpc) is 3.13. The molecule has 1 aromatic carbocycles. The van der Waals surface area contributed by atoms with Gasteiger partial charge in [-0.1, -0.05) is 0 Å². The third-order valence-electron chi connectivity index (χ3n) is 5.55. The molecule has 2 atom stereocenters. The third-order valence-corrected chi connectivity index (χ3v) is 5.55. The molecule has 30 heavy (non-hydrogen) atoms. The highest BCUT2D eigenvalue weighted by molar-refractivity contribution is 5.97. The van der Waals surface area contributed by atoms with E-state index in [2.05, 4.69) is 20.0 Å². The second kappa shape index (κ2) is 8.12. The molecule has 8 nitrogen and oxygen atoms in total. The van der Waals surface area contributed by atoms with Gasteiger partial charge in [-0.15, -0.1) is 0 Å². The number of nitrogens with zero attached hydrogens (tertiary/aromatic N) is 6. The number of benzene rings is 1. The van der Waals surface area contributed by atoms with Crippen LogP contribution in [-0.2, 0) is 11.8 Å². The summed E-state index contributed by atoms with van der Waals surface area (Å²) in [5.41, 5.74) is 4.89. The Hall–Kier alpha value is -2.84. The van der Waals surface area contributed by atoms with Gasteiger partial charge in [0.25, 0.3) is 5.91 Å². The molecule has 3 aromatic rings. The molecule has 1 aliphatic heterocycles. The number of hydrogen-bond acceptors (Lipinski definition) is 6. The number of ether oxygens (including phenoxy) is 1. The summed E-state index contributed by atoms with van der Waals surface area (Å²) in [7, 11) is 5.90. The number of carbonyl (C=O) groups excluding carboxylic acids is 1. The molecule has 1 saturated heterocycles. The van der Waals surface area contributed by atoms with Crippen LogP contribution in [-0.4, -0.2) is 75.4 Å². The molecular formula is C22H28N6O2. The van der Waals surface area contributed by atoms with E-state index in [1.54, 1.807) is 4.68 Å². The summed E-state index contributed by atoms with van der Waals surface area (Å²) in [5, 5.41) is 4.32. The number of aryl methyl sites for hydroxylation is 3. The van der Waals surface area contributed by atoms with Crippen LogP contribution in [0.5, 0.6) is 0 Å². The van der Waals surface area contributed by atoms with Gasteiger partial charge in [-0.3, -0.25) is 9.48 Å². The SMILES string of the molecule is Cc1nc2ccc(C(=O)N3CCO[C@@H](CN(C)C)[C@@H]3c3cnn(C)c3)cc2nc1C. The third kappa shape index (κ3) is 3.93. The van der Waals surface area contributed by atoms with Gasteiger partial charge >= 0.3 is 0 Å². The number of hydrogen-bond donors (Lipinski definition) is 0. The number of morpholine rings is 1. The van der Waals surface area contributed by atoms with Crippen LogP contribution in [0.25, 0.3) is 11.0 Å². The van der Waals surface area contributed by atoms with Crippen molar-refractivity contribution in [2.45, 2.75) is 26.0 Å². The van der Waals surface area contributed by atoms with Crippen molar-refractivity contribution in [2.75, 3.05) is 33.8 Å². The number of carbonyl (C=O) groups is 1. The first-order valence-electron chi connectivity index (χ1n) is 10.1. The predicted molar refractivity (Wildman–Crippen MR) is 114 cm³/mol.